The molecule has 0 spiro atoms. The summed E-state index contributed by atoms with van der Waals surface area (Å²) in [5.41, 5.74) is 2.39. The van der Waals surface area contributed by atoms with Crippen molar-refractivity contribution in [3.8, 4) is 11.3 Å². The van der Waals surface area contributed by atoms with Crippen molar-refractivity contribution in [1.82, 2.24) is 9.38 Å². The lowest BCUT2D eigenvalue weighted by Gasteiger charge is -2.19. The number of hydrogen-bond donors (Lipinski definition) is 0. The molecule has 0 bridgehead atoms. The highest BCUT2D eigenvalue weighted by Crippen LogP contribution is 2.58. The second-order valence-corrected chi connectivity index (χ2v) is 6.52. The van der Waals surface area contributed by atoms with Gasteiger partial charge >= 0.3 is 0 Å². The maximum Gasteiger partial charge on any atom is 0.137 e. The molecule has 118 valence electrons. The van der Waals surface area contributed by atoms with E-state index in [-0.39, 0.29) is 5.41 Å². The van der Waals surface area contributed by atoms with Gasteiger partial charge in [0.2, 0.25) is 0 Å². The van der Waals surface area contributed by atoms with Crippen molar-refractivity contribution in [2.45, 2.75) is 32.1 Å². The number of nitrogens with zero attached hydrogens (tertiary/aromatic N) is 2. The standard InChI is InChI=1S/C19H18F2N2/c1-3-19(10-12(19)2)14-8-13(20)9-15(21)18(14)16-11-23-7-5-4-6-17(23)22-16/h4-9,11-12H,3,10H2,1-2H3. The first-order chi connectivity index (χ1) is 11.0. The van der Waals surface area contributed by atoms with Crippen LogP contribution in [0.4, 0.5) is 8.78 Å². The zero-order chi connectivity index (χ0) is 16.2. The first kappa shape index (κ1) is 14.4. The Morgan fingerprint density at radius 2 is 2.09 bits per heavy atom. The monoisotopic (exact) mass is 312 g/mol. The molecular weight excluding hydrogens is 294 g/mol. The van der Waals surface area contributed by atoms with Gasteiger partial charge in [-0.05, 0) is 47.9 Å². The van der Waals surface area contributed by atoms with Crippen molar-refractivity contribution in [2.24, 2.45) is 5.92 Å². The highest BCUT2D eigenvalue weighted by Gasteiger charge is 2.52. The lowest BCUT2D eigenvalue weighted by molar-refractivity contribution is 0.557. The molecule has 2 aromatic heterocycles. The minimum Gasteiger partial charge on any atom is -0.306 e. The molecule has 4 rings (SSSR count). The van der Waals surface area contributed by atoms with Gasteiger partial charge in [-0.1, -0.05) is 19.9 Å². The lowest BCUT2D eigenvalue weighted by Crippen LogP contribution is -2.11. The van der Waals surface area contributed by atoms with Crippen molar-refractivity contribution in [3.63, 3.8) is 0 Å². The molecule has 0 saturated heterocycles. The Morgan fingerprint density at radius 1 is 1.30 bits per heavy atom. The van der Waals surface area contributed by atoms with E-state index in [1.165, 1.54) is 6.07 Å². The number of aromatic nitrogens is 2. The molecule has 23 heavy (non-hydrogen) atoms. The highest BCUT2D eigenvalue weighted by molar-refractivity contribution is 5.69. The second-order valence-electron chi connectivity index (χ2n) is 6.52. The Balaban J connectivity index is 1.97. The maximum absolute atomic E-state index is 14.7. The molecule has 3 aromatic rings. The average molecular weight is 312 g/mol. The number of hydrogen-bond acceptors (Lipinski definition) is 1. The third kappa shape index (κ3) is 2.08. The number of halogens is 2. The molecule has 0 amide bonds. The first-order valence-electron chi connectivity index (χ1n) is 7.99. The van der Waals surface area contributed by atoms with Gasteiger partial charge < -0.3 is 4.40 Å². The highest BCUT2D eigenvalue weighted by atomic mass is 19.1. The molecule has 2 atom stereocenters. The molecule has 0 N–H and O–H groups in total. The number of fused-ring (bicyclic) bond motifs is 1. The number of pyridine rings is 1. The van der Waals surface area contributed by atoms with Gasteiger partial charge in [0.1, 0.15) is 17.3 Å². The van der Waals surface area contributed by atoms with E-state index in [4.69, 9.17) is 0 Å². The van der Waals surface area contributed by atoms with Crippen molar-refractivity contribution < 1.29 is 8.78 Å². The Morgan fingerprint density at radius 3 is 2.74 bits per heavy atom. The summed E-state index contributed by atoms with van der Waals surface area (Å²) >= 11 is 0. The molecule has 1 aromatic carbocycles. The van der Waals surface area contributed by atoms with Gasteiger partial charge in [0.15, 0.2) is 0 Å². The van der Waals surface area contributed by atoms with Crippen LogP contribution in [-0.2, 0) is 5.41 Å². The van der Waals surface area contributed by atoms with Crippen LogP contribution in [0.25, 0.3) is 16.9 Å². The fraction of sp³-hybridized carbons (Fsp3) is 0.316. The van der Waals surface area contributed by atoms with Crippen LogP contribution in [0.5, 0.6) is 0 Å². The summed E-state index contributed by atoms with van der Waals surface area (Å²) in [6.07, 6.45) is 5.53. The molecule has 4 heteroatoms. The van der Waals surface area contributed by atoms with E-state index in [0.717, 1.165) is 30.1 Å². The number of benzene rings is 1. The van der Waals surface area contributed by atoms with Gasteiger partial charge in [0.05, 0.1) is 5.69 Å². The minimum absolute atomic E-state index is 0.131. The normalized spacial score (nSPS) is 23.4. The van der Waals surface area contributed by atoms with Crippen LogP contribution in [0.1, 0.15) is 32.3 Å². The third-order valence-corrected chi connectivity index (χ3v) is 5.30. The zero-order valence-corrected chi connectivity index (χ0v) is 13.2. The third-order valence-electron chi connectivity index (χ3n) is 5.30. The predicted octanol–water partition coefficient (Wildman–Crippen LogP) is 4.97. The van der Waals surface area contributed by atoms with Gasteiger partial charge in [-0.3, -0.25) is 0 Å². The van der Waals surface area contributed by atoms with E-state index in [9.17, 15) is 8.78 Å². The number of rotatable bonds is 3. The van der Waals surface area contributed by atoms with Crippen molar-refractivity contribution in [2.75, 3.05) is 0 Å². The number of imidazole rings is 1. The Bertz CT molecular complexity index is 863. The summed E-state index contributed by atoms with van der Waals surface area (Å²) in [5, 5.41) is 0. The molecule has 0 aliphatic heterocycles. The van der Waals surface area contributed by atoms with Gasteiger partial charge in [0.25, 0.3) is 0 Å². The van der Waals surface area contributed by atoms with Gasteiger partial charge in [-0.25, -0.2) is 13.8 Å². The fourth-order valence-electron chi connectivity index (χ4n) is 3.83. The van der Waals surface area contributed by atoms with Crippen LogP contribution in [0, 0.1) is 17.6 Å². The molecule has 0 radical (unpaired) electrons. The van der Waals surface area contributed by atoms with Crippen LogP contribution in [0.15, 0.2) is 42.7 Å². The smallest absolute Gasteiger partial charge is 0.137 e. The summed E-state index contributed by atoms with van der Waals surface area (Å²) < 4.78 is 30.4. The van der Waals surface area contributed by atoms with E-state index in [2.05, 4.69) is 18.8 Å². The quantitative estimate of drug-likeness (QED) is 0.667. The van der Waals surface area contributed by atoms with Crippen LogP contribution >= 0.6 is 0 Å². The zero-order valence-electron chi connectivity index (χ0n) is 13.2. The molecular formula is C19H18F2N2. The van der Waals surface area contributed by atoms with Crippen molar-refractivity contribution in [3.05, 3.63) is 59.9 Å². The van der Waals surface area contributed by atoms with Crippen LogP contribution in [0.3, 0.4) is 0 Å². The van der Waals surface area contributed by atoms with E-state index >= 15 is 0 Å². The van der Waals surface area contributed by atoms with Crippen LogP contribution in [-0.4, -0.2) is 9.38 Å². The van der Waals surface area contributed by atoms with Gasteiger partial charge in [0, 0.05) is 24.0 Å². The topological polar surface area (TPSA) is 17.3 Å². The van der Waals surface area contributed by atoms with Gasteiger partial charge in [-0.2, -0.15) is 0 Å². The van der Waals surface area contributed by atoms with E-state index in [1.54, 1.807) is 0 Å². The van der Waals surface area contributed by atoms with Crippen molar-refractivity contribution >= 4 is 5.65 Å². The first-order valence-corrected chi connectivity index (χ1v) is 7.99. The average Bonchev–Trinajstić information content (AvgIpc) is 3.01. The van der Waals surface area contributed by atoms with E-state index in [1.807, 2.05) is 35.0 Å². The van der Waals surface area contributed by atoms with Crippen LogP contribution in [0.2, 0.25) is 0 Å². The summed E-state index contributed by atoms with van der Waals surface area (Å²) in [7, 11) is 0. The molecule has 1 saturated carbocycles. The molecule has 1 fully saturated rings. The summed E-state index contributed by atoms with van der Waals surface area (Å²) in [4.78, 5) is 4.54. The van der Waals surface area contributed by atoms with Gasteiger partial charge in [-0.15, -0.1) is 0 Å². The minimum atomic E-state index is -0.532. The fourth-order valence-corrected chi connectivity index (χ4v) is 3.83. The Labute approximate surface area is 133 Å². The molecule has 1 aliphatic rings. The molecule has 2 unspecified atom stereocenters. The largest absolute Gasteiger partial charge is 0.306 e. The molecule has 1 aliphatic carbocycles. The summed E-state index contributed by atoms with van der Waals surface area (Å²) in [6.45, 7) is 4.22. The predicted molar refractivity (Wildman–Crippen MR) is 86.3 cm³/mol. The lowest BCUT2D eigenvalue weighted by atomic mass is 9.86. The summed E-state index contributed by atoms with van der Waals surface area (Å²) in [6, 6.07) is 8.12. The van der Waals surface area contributed by atoms with Crippen LogP contribution < -0.4 is 0 Å². The SMILES string of the molecule is CCC1(c2cc(F)cc(F)c2-c2cn3ccccc3n2)CC1C. The van der Waals surface area contributed by atoms with E-state index in [0.29, 0.717) is 17.2 Å². The molecule has 2 nitrogen and oxygen atoms in total. The van der Waals surface area contributed by atoms with E-state index < -0.39 is 11.6 Å². The second kappa shape index (κ2) is 4.88. The summed E-state index contributed by atoms with van der Waals surface area (Å²) in [5.74, 6) is -0.614. The Kier molecular flexibility index (Phi) is 3.05. The Hall–Kier alpha value is -2.23. The van der Waals surface area contributed by atoms with Crippen molar-refractivity contribution in [1.29, 1.82) is 0 Å². The molecule has 2 heterocycles. The maximum atomic E-state index is 14.7.